The van der Waals surface area contributed by atoms with E-state index in [1.54, 1.807) is 25.7 Å². The Labute approximate surface area is 182 Å². The molecule has 2 fully saturated rings. The molecule has 2 amide bonds. The fourth-order valence-corrected chi connectivity index (χ4v) is 4.67. The predicted molar refractivity (Wildman–Crippen MR) is 112 cm³/mol. The number of ether oxygens (including phenoxy) is 2. The number of halogens is 2. The zero-order valence-corrected chi connectivity index (χ0v) is 18.6. The topological polar surface area (TPSA) is 67.9 Å². The Morgan fingerprint density at radius 2 is 1.77 bits per heavy atom. The van der Waals surface area contributed by atoms with Gasteiger partial charge in [0.05, 0.1) is 0 Å². The summed E-state index contributed by atoms with van der Waals surface area (Å²) in [5, 5.41) is 2.46. The van der Waals surface area contributed by atoms with Crippen molar-refractivity contribution in [3.8, 4) is 0 Å². The molecule has 8 heteroatoms. The molecule has 172 valence electrons. The lowest BCUT2D eigenvalue weighted by atomic mass is 9.73. The molecule has 0 radical (unpaired) electrons. The average molecular weight is 439 g/mol. The van der Waals surface area contributed by atoms with Crippen LogP contribution in [0.3, 0.4) is 0 Å². The van der Waals surface area contributed by atoms with Gasteiger partial charge < -0.3 is 19.7 Å². The third-order valence-corrected chi connectivity index (χ3v) is 6.25. The minimum Gasteiger partial charge on any atom is -0.445 e. The van der Waals surface area contributed by atoms with Crippen LogP contribution >= 0.6 is 0 Å². The molecule has 6 nitrogen and oxygen atoms in total. The van der Waals surface area contributed by atoms with Crippen molar-refractivity contribution in [1.82, 2.24) is 10.2 Å². The number of carbonyl (C=O) groups excluding carboxylic acids is 2. The van der Waals surface area contributed by atoms with Crippen LogP contribution in [0.4, 0.5) is 18.4 Å². The Bertz CT molecular complexity index is 787. The van der Waals surface area contributed by atoms with Gasteiger partial charge in [-0.2, -0.15) is 0 Å². The Morgan fingerprint density at radius 3 is 2.35 bits per heavy atom. The first-order valence-corrected chi connectivity index (χ1v) is 10.8. The first-order chi connectivity index (χ1) is 14.4. The highest BCUT2D eigenvalue weighted by atomic mass is 19.3. The molecule has 0 bridgehead atoms. The van der Waals surface area contributed by atoms with Gasteiger partial charge in [0.25, 0.3) is 5.92 Å². The van der Waals surface area contributed by atoms with Crippen LogP contribution in [-0.2, 0) is 16.1 Å². The van der Waals surface area contributed by atoms with Crippen LogP contribution in [-0.4, -0.2) is 47.7 Å². The summed E-state index contributed by atoms with van der Waals surface area (Å²) in [4.78, 5) is 26.3. The number of alkyl halides is 2. The van der Waals surface area contributed by atoms with E-state index in [4.69, 9.17) is 9.47 Å². The minimum atomic E-state index is -3.05. The number of hydrogen-bond acceptors (Lipinski definition) is 4. The van der Waals surface area contributed by atoms with Crippen LogP contribution in [0.25, 0.3) is 0 Å². The molecule has 0 aromatic heterocycles. The predicted octanol–water partition coefficient (Wildman–Crippen LogP) is 4.97. The summed E-state index contributed by atoms with van der Waals surface area (Å²) in [7, 11) is 0. The molecule has 1 aliphatic carbocycles. The van der Waals surface area contributed by atoms with Crippen molar-refractivity contribution in [2.24, 2.45) is 11.3 Å². The Kier molecular flexibility index (Phi) is 6.48. The molecule has 1 spiro atoms. The lowest BCUT2D eigenvalue weighted by Crippen LogP contribution is -2.57. The van der Waals surface area contributed by atoms with Gasteiger partial charge in [0, 0.05) is 24.4 Å². The summed E-state index contributed by atoms with van der Waals surface area (Å²) >= 11 is 0. The highest BCUT2D eigenvalue weighted by Gasteiger charge is 2.64. The molecule has 2 aliphatic rings. The third kappa shape index (κ3) is 5.28. The van der Waals surface area contributed by atoms with E-state index in [-0.39, 0.29) is 13.0 Å². The standard InChI is InChI=1S/C23H32F2N2O4/c1-16-14-22(18(23(16,24)25)26-19(28)31-21(2,3)4)10-12-27(13-11-22)20(29)30-15-17-8-6-5-7-9-17/h5-9,16,18H,10-15H2,1-4H3,(H,26,28)/t16-,18+/m1/s1. The number of alkyl carbamates (subject to hydrolysis) is 1. The van der Waals surface area contributed by atoms with Crippen molar-refractivity contribution < 1.29 is 27.8 Å². The number of carbonyl (C=O) groups is 2. The van der Waals surface area contributed by atoms with Crippen molar-refractivity contribution >= 4 is 12.2 Å². The zero-order chi connectivity index (χ0) is 22.9. The van der Waals surface area contributed by atoms with Gasteiger partial charge in [-0.1, -0.05) is 37.3 Å². The third-order valence-electron chi connectivity index (χ3n) is 6.25. The van der Waals surface area contributed by atoms with Crippen LogP contribution in [0.2, 0.25) is 0 Å². The van der Waals surface area contributed by atoms with Gasteiger partial charge in [0.15, 0.2) is 0 Å². The van der Waals surface area contributed by atoms with E-state index in [2.05, 4.69) is 5.32 Å². The maximum Gasteiger partial charge on any atom is 0.410 e. The molecule has 1 aromatic carbocycles. The number of amides is 2. The van der Waals surface area contributed by atoms with Crippen molar-refractivity contribution in [2.75, 3.05) is 13.1 Å². The number of hydrogen-bond donors (Lipinski definition) is 1. The summed E-state index contributed by atoms with van der Waals surface area (Å²) in [5.41, 5.74) is -0.672. The maximum absolute atomic E-state index is 15.0. The van der Waals surface area contributed by atoms with E-state index in [1.165, 1.54) is 6.92 Å². The first kappa shape index (κ1) is 23.3. The van der Waals surface area contributed by atoms with Crippen molar-refractivity contribution in [2.45, 2.75) is 71.1 Å². The van der Waals surface area contributed by atoms with Gasteiger partial charge >= 0.3 is 12.2 Å². The maximum atomic E-state index is 15.0. The fourth-order valence-electron chi connectivity index (χ4n) is 4.67. The smallest absolute Gasteiger partial charge is 0.410 e. The lowest BCUT2D eigenvalue weighted by molar-refractivity contribution is -0.0727. The molecule has 1 saturated heterocycles. The molecular formula is C23H32F2N2O4. The van der Waals surface area contributed by atoms with E-state index in [1.807, 2.05) is 30.3 Å². The van der Waals surface area contributed by atoms with E-state index >= 15 is 8.78 Å². The van der Waals surface area contributed by atoms with Gasteiger partial charge in [0.1, 0.15) is 18.2 Å². The highest BCUT2D eigenvalue weighted by Crippen LogP contribution is 2.56. The van der Waals surface area contributed by atoms with E-state index < -0.39 is 41.1 Å². The monoisotopic (exact) mass is 438 g/mol. The Balaban J connectivity index is 1.63. The van der Waals surface area contributed by atoms with Gasteiger partial charge in [-0.15, -0.1) is 0 Å². The quantitative estimate of drug-likeness (QED) is 0.723. The molecule has 0 unspecified atom stereocenters. The normalized spacial score (nSPS) is 24.6. The molecule has 1 aliphatic heterocycles. The van der Waals surface area contributed by atoms with E-state index in [0.29, 0.717) is 25.9 Å². The van der Waals surface area contributed by atoms with Gasteiger partial charge in [0.2, 0.25) is 0 Å². The molecule has 1 saturated carbocycles. The van der Waals surface area contributed by atoms with Crippen LogP contribution < -0.4 is 5.32 Å². The molecule has 1 heterocycles. The van der Waals surface area contributed by atoms with Crippen molar-refractivity contribution in [3.05, 3.63) is 35.9 Å². The molecule has 2 atom stereocenters. The average Bonchev–Trinajstić information content (AvgIpc) is 2.86. The summed E-state index contributed by atoms with van der Waals surface area (Å²) in [6.07, 6.45) is -0.266. The summed E-state index contributed by atoms with van der Waals surface area (Å²) in [6, 6.07) is 8.03. The molecular weight excluding hydrogens is 406 g/mol. The second-order valence-corrected chi connectivity index (χ2v) is 9.75. The fraction of sp³-hybridized carbons (Fsp3) is 0.652. The van der Waals surface area contributed by atoms with Crippen molar-refractivity contribution in [1.29, 1.82) is 0 Å². The van der Waals surface area contributed by atoms with Crippen LogP contribution in [0.1, 0.15) is 52.5 Å². The van der Waals surface area contributed by atoms with Crippen molar-refractivity contribution in [3.63, 3.8) is 0 Å². The summed E-state index contributed by atoms with van der Waals surface area (Å²) < 4.78 is 40.6. The lowest BCUT2D eigenvalue weighted by Gasteiger charge is -2.43. The van der Waals surface area contributed by atoms with Crippen LogP contribution in [0.15, 0.2) is 30.3 Å². The SMILES string of the molecule is C[C@@H]1CC2(CCN(C(=O)OCc3ccccc3)CC2)[C@H](NC(=O)OC(C)(C)C)C1(F)F. The number of nitrogens with zero attached hydrogens (tertiary/aromatic N) is 1. The second kappa shape index (κ2) is 8.63. The van der Waals surface area contributed by atoms with E-state index in [9.17, 15) is 9.59 Å². The van der Waals surface area contributed by atoms with Crippen LogP contribution in [0, 0.1) is 11.3 Å². The second-order valence-electron chi connectivity index (χ2n) is 9.75. The number of nitrogens with one attached hydrogen (secondary N) is 1. The Morgan fingerprint density at radius 1 is 1.16 bits per heavy atom. The molecule has 1 aromatic rings. The van der Waals surface area contributed by atoms with E-state index in [0.717, 1.165) is 5.56 Å². The molecule has 31 heavy (non-hydrogen) atoms. The number of likely N-dealkylation sites (tertiary alicyclic amines) is 1. The highest BCUT2D eigenvalue weighted by molar-refractivity contribution is 5.69. The van der Waals surface area contributed by atoms with Crippen LogP contribution in [0.5, 0.6) is 0 Å². The number of benzene rings is 1. The summed E-state index contributed by atoms with van der Waals surface area (Å²) in [5.74, 6) is -3.92. The largest absolute Gasteiger partial charge is 0.445 e. The molecule has 3 rings (SSSR count). The minimum absolute atomic E-state index is 0.166. The molecule has 1 N–H and O–H groups in total. The zero-order valence-electron chi connectivity index (χ0n) is 18.6. The van der Waals surface area contributed by atoms with Gasteiger partial charge in [-0.05, 0) is 45.6 Å². The van der Waals surface area contributed by atoms with Gasteiger partial charge in [-0.25, -0.2) is 18.4 Å². The van der Waals surface area contributed by atoms with Gasteiger partial charge in [-0.3, -0.25) is 0 Å². The number of rotatable bonds is 3. The summed E-state index contributed by atoms with van der Waals surface area (Å²) in [6.45, 7) is 7.37. The first-order valence-electron chi connectivity index (χ1n) is 10.8. The Hall–Kier alpha value is -2.38. The number of piperidine rings is 1.